The molecule has 0 bridgehead atoms. The monoisotopic (exact) mass is 264 g/mol. The van der Waals surface area contributed by atoms with E-state index < -0.39 is 17.7 Å². The molecule has 1 unspecified atom stereocenters. The topological polar surface area (TPSA) is 20.2 Å². The van der Waals surface area contributed by atoms with Gasteiger partial charge in [-0.3, -0.25) is 0 Å². The quantitative estimate of drug-likeness (QED) is 0.885. The van der Waals surface area contributed by atoms with E-state index in [9.17, 15) is 13.9 Å². The second-order valence-electron chi connectivity index (χ2n) is 3.09. The van der Waals surface area contributed by atoms with Crippen LogP contribution in [0, 0.1) is 11.6 Å². The molecule has 0 aromatic heterocycles. The highest BCUT2D eigenvalue weighted by molar-refractivity contribution is 9.10. The number of hydrogen-bond acceptors (Lipinski definition) is 1. The van der Waals surface area contributed by atoms with Gasteiger partial charge in [0.05, 0.1) is 11.7 Å². The minimum absolute atomic E-state index is 0.241. The van der Waals surface area contributed by atoms with E-state index in [0.717, 1.165) is 12.1 Å². The molecule has 1 rings (SSSR count). The molecular weight excluding hydrogens is 254 g/mol. The van der Waals surface area contributed by atoms with E-state index in [2.05, 4.69) is 15.9 Å². The van der Waals surface area contributed by atoms with E-state index in [4.69, 9.17) is 0 Å². The number of halogens is 3. The van der Waals surface area contributed by atoms with Crippen LogP contribution in [0.25, 0.3) is 0 Å². The van der Waals surface area contributed by atoms with Crippen molar-refractivity contribution in [1.29, 1.82) is 0 Å². The Morgan fingerprint density at radius 2 is 1.86 bits per heavy atom. The first-order valence-electron chi connectivity index (χ1n) is 4.38. The van der Waals surface area contributed by atoms with E-state index >= 15 is 0 Å². The van der Waals surface area contributed by atoms with Crippen molar-refractivity contribution in [2.45, 2.75) is 25.9 Å². The minimum atomic E-state index is -1.06. The Morgan fingerprint density at radius 1 is 1.36 bits per heavy atom. The van der Waals surface area contributed by atoms with Crippen molar-refractivity contribution in [1.82, 2.24) is 0 Å². The fourth-order valence-corrected chi connectivity index (χ4v) is 1.69. The van der Waals surface area contributed by atoms with Gasteiger partial charge in [-0.2, -0.15) is 0 Å². The maximum Gasteiger partial charge on any atom is 0.133 e. The van der Waals surface area contributed by atoms with Gasteiger partial charge in [0, 0.05) is 4.47 Å². The van der Waals surface area contributed by atoms with Gasteiger partial charge in [-0.25, -0.2) is 8.78 Å². The minimum Gasteiger partial charge on any atom is -0.388 e. The first kappa shape index (κ1) is 11.6. The van der Waals surface area contributed by atoms with Crippen LogP contribution in [0.15, 0.2) is 16.6 Å². The molecule has 4 heteroatoms. The van der Waals surface area contributed by atoms with Crippen LogP contribution in [-0.2, 0) is 0 Å². The van der Waals surface area contributed by atoms with Crippen molar-refractivity contribution in [3.8, 4) is 0 Å². The Labute approximate surface area is 89.9 Å². The average Bonchev–Trinajstić information content (AvgIpc) is 2.01. The van der Waals surface area contributed by atoms with E-state index in [0.29, 0.717) is 17.3 Å². The summed E-state index contributed by atoms with van der Waals surface area (Å²) in [6.45, 7) is 1.85. The van der Waals surface area contributed by atoms with Crippen molar-refractivity contribution < 1.29 is 13.9 Å². The second kappa shape index (κ2) is 4.84. The molecule has 0 aliphatic heterocycles. The van der Waals surface area contributed by atoms with Gasteiger partial charge in [-0.05, 0) is 18.6 Å². The summed E-state index contributed by atoms with van der Waals surface area (Å²) >= 11 is 2.97. The number of aliphatic hydroxyl groups is 1. The molecule has 1 aromatic rings. The van der Waals surface area contributed by atoms with Crippen LogP contribution in [0.4, 0.5) is 8.78 Å². The number of aliphatic hydroxyl groups excluding tert-OH is 1. The first-order chi connectivity index (χ1) is 6.56. The Kier molecular flexibility index (Phi) is 4.01. The average molecular weight is 265 g/mol. The molecule has 14 heavy (non-hydrogen) atoms. The summed E-state index contributed by atoms with van der Waals surface area (Å²) in [4.78, 5) is 0. The summed E-state index contributed by atoms with van der Waals surface area (Å²) < 4.78 is 26.8. The van der Waals surface area contributed by atoms with Crippen LogP contribution in [0.2, 0.25) is 0 Å². The van der Waals surface area contributed by atoms with Gasteiger partial charge < -0.3 is 5.11 Å². The lowest BCUT2D eigenvalue weighted by atomic mass is 10.0. The molecule has 0 fully saturated rings. The summed E-state index contributed by atoms with van der Waals surface area (Å²) in [7, 11) is 0. The van der Waals surface area contributed by atoms with Gasteiger partial charge in [0.2, 0.25) is 0 Å². The lowest BCUT2D eigenvalue weighted by Gasteiger charge is -2.11. The molecule has 0 aliphatic rings. The van der Waals surface area contributed by atoms with Gasteiger partial charge in [0.25, 0.3) is 0 Å². The lowest BCUT2D eigenvalue weighted by Crippen LogP contribution is -2.03. The van der Waals surface area contributed by atoms with E-state index in [1.54, 1.807) is 0 Å². The molecule has 0 aliphatic carbocycles. The lowest BCUT2D eigenvalue weighted by molar-refractivity contribution is 0.157. The molecule has 0 saturated carbocycles. The summed E-state index contributed by atoms with van der Waals surface area (Å²) in [5, 5.41) is 9.48. The van der Waals surface area contributed by atoms with Crippen LogP contribution >= 0.6 is 15.9 Å². The van der Waals surface area contributed by atoms with Crippen LogP contribution < -0.4 is 0 Å². The number of hydrogen-bond donors (Lipinski definition) is 1. The molecule has 0 saturated heterocycles. The molecule has 0 amide bonds. The first-order valence-corrected chi connectivity index (χ1v) is 5.18. The maximum atomic E-state index is 13.3. The zero-order chi connectivity index (χ0) is 10.7. The van der Waals surface area contributed by atoms with Crippen LogP contribution in [0.1, 0.15) is 31.4 Å². The highest BCUT2D eigenvalue weighted by Crippen LogP contribution is 2.27. The van der Waals surface area contributed by atoms with E-state index in [1.807, 2.05) is 6.92 Å². The molecule has 1 N–H and O–H groups in total. The van der Waals surface area contributed by atoms with Gasteiger partial charge in [0.15, 0.2) is 0 Å². The Bertz CT molecular complexity index is 305. The zero-order valence-corrected chi connectivity index (χ0v) is 9.31. The standard InChI is InChI=1S/C10H11BrF2O/c1-2-3-9(14)10-7(12)4-6(11)5-8(10)13/h4-5,9,14H,2-3H2,1H3. The normalized spacial score (nSPS) is 12.9. The predicted molar refractivity (Wildman–Crippen MR) is 53.9 cm³/mol. The van der Waals surface area contributed by atoms with E-state index in [-0.39, 0.29) is 5.56 Å². The molecule has 78 valence electrons. The van der Waals surface area contributed by atoms with Crippen LogP contribution in [0.5, 0.6) is 0 Å². The maximum absolute atomic E-state index is 13.3. The fraction of sp³-hybridized carbons (Fsp3) is 0.400. The molecule has 0 radical (unpaired) electrons. The fourth-order valence-electron chi connectivity index (χ4n) is 1.29. The third-order valence-corrected chi connectivity index (χ3v) is 2.40. The van der Waals surface area contributed by atoms with Gasteiger partial charge in [-0.1, -0.05) is 29.3 Å². The molecular formula is C10H11BrF2O. The number of rotatable bonds is 3. The van der Waals surface area contributed by atoms with Crippen LogP contribution in [-0.4, -0.2) is 5.11 Å². The zero-order valence-electron chi connectivity index (χ0n) is 7.73. The Hall–Kier alpha value is -0.480. The largest absolute Gasteiger partial charge is 0.388 e. The highest BCUT2D eigenvalue weighted by atomic mass is 79.9. The van der Waals surface area contributed by atoms with Crippen molar-refractivity contribution in [2.24, 2.45) is 0 Å². The van der Waals surface area contributed by atoms with Crippen molar-refractivity contribution in [2.75, 3.05) is 0 Å². The van der Waals surface area contributed by atoms with Gasteiger partial charge >= 0.3 is 0 Å². The van der Waals surface area contributed by atoms with Crippen molar-refractivity contribution in [3.63, 3.8) is 0 Å². The summed E-state index contributed by atoms with van der Waals surface area (Å²) in [6, 6.07) is 2.30. The summed E-state index contributed by atoms with van der Waals surface area (Å²) in [5.74, 6) is -1.42. The second-order valence-corrected chi connectivity index (χ2v) is 4.00. The Morgan fingerprint density at radius 3 is 2.29 bits per heavy atom. The highest BCUT2D eigenvalue weighted by Gasteiger charge is 2.17. The van der Waals surface area contributed by atoms with Gasteiger partial charge in [-0.15, -0.1) is 0 Å². The van der Waals surface area contributed by atoms with Crippen molar-refractivity contribution in [3.05, 3.63) is 33.8 Å². The predicted octanol–water partition coefficient (Wildman–Crippen LogP) is 3.56. The number of benzene rings is 1. The molecule has 1 aromatic carbocycles. The smallest absolute Gasteiger partial charge is 0.133 e. The third kappa shape index (κ3) is 2.51. The molecule has 0 spiro atoms. The summed E-state index contributed by atoms with van der Waals surface area (Å²) in [5.41, 5.74) is -0.241. The summed E-state index contributed by atoms with van der Waals surface area (Å²) in [6.07, 6.45) is -0.0286. The van der Waals surface area contributed by atoms with Gasteiger partial charge in [0.1, 0.15) is 11.6 Å². The molecule has 1 nitrogen and oxygen atoms in total. The third-order valence-electron chi connectivity index (χ3n) is 1.94. The molecule has 1 atom stereocenters. The van der Waals surface area contributed by atoms with Crippen molar-refractivity contribution >= 4 is 15.9 Å². The molecule has 0 heterocycles. The SMILES string of the molecule is CCCC(O)c1c(F)cc(Br)cc1F. The Balaban J connectivity index is 3.07. The van der Waals surface area contributed by atoms with Crippen LogP contribution in [0.3, 0.4) is 0 Å². The van der Waals surface area contributed by atoms with E-state index in [1.165, 1.54) is 0 Å².